The van der Waals surface area contributed by atoms with Gasteiger partial charge in [0.25, 0.3) is 5.91 Å². The fraction of sp³-hybridized carbons (Fsp3) is 0.273. The number of amides is 1. The number of imidazole rings is 1. The number of anilines is 1. The number of nitrogens with zero attached hydrogens (tertiary/aromatic N) is 3. The monoisotopic (exact) mass is 476 g/mol. The van der Waals surface area contributed by atoms with Gasteiger partial charge in [-0.1, -0.05) is 31.7 Å². The molecule has 0 aliphatic heterocycles. The van der Waals surface area contributed by atoms with Gasteiger partial charge < -0.3 is 5.32 Å². The van der Waals surface area contributed by atoms with E-state index in [1.54, 1.807) is 43.5 Å². The van der Waals surface area contributed by atoms with Gasteiger partial charge in [-0.05, 0) is 55.1 Å². The minimum Gasteiger partial charge on any atom is -0.320 e. The molecule has 32 heavy (non-hydrogen) atoms. The third kappa shape index (κ3) is 4.72. The molecule has 0 aliphatic rings. The van der Waals surface area contributed by atoms with Gasteiger partial charge in [0, 0.05) is 24.5 Å². The highest BCUT2D eigenvalue weighted by Crippen LogP contribution is 2.26. The predicted octanol–water partition coefficient (Wildman–Crippen LogP) is 4.32. The van der Waals surface area contributed by atoms with E-state index < -0.39 is 15.9 Å². The van der Waals surface area contributed by atoms with Crippen LogP contribution >= 0.6 is 11.8 Å². The molecule has 0 unspecified atom stereocenters. The van der Waals surface area contributed by atoms with Crippen LogP contribution in [0.3, 0.4) is 0 Å². The maximum Gasteiger partial charge on any atom is 0.274 e. The van der Waals surface area contributed by atoms with Gasteiger partial charge in [0.05, 0.1) is 11.1 Å². The number of hydrogen-bond donors (Lipinski definition) is 1. The first-order chi connectivity index (χ1) is 15.2. The number of aryl methyl sites for hydroxylation is 1. The molecule has 0 atom stereocenters. The number of halogens is 1. The van der Waals surface area contributed by atoms with Gasteiger partial charge in [0.2, 0.25) is 10.0 Å². The first kappa shape index (κ1) is 24.0. The molecule has 1 N–H and O–H groups in total. The van der Waals surface area contributed by atoms with Crippen LogP contribution in [-0.2, 0) is 10.0 Å². The van der Waals surface area contributed by atoms with Gasteiger partial charge in [0.1, 0.15) is 11.5 Å². The molecular weight excluding hydrogens is 451 g/mol. The summed E-state index contributed by atoms with van der Waals surface area (Å²) in [6.07, 6.45) is 3.27. The number of hydrogen-bond acceptors (Lipinski definition) is 5. The Balaban J connectivity index is 1.98. The summed E-state index contributed by atoms with van der Waals surface area (Å²) < 4.78 is 42.1. The zero-order valence-corrected chi connectivity index (χ0v) is 19.9. The average Bonchev–Trinajstić information content (AvgIpc) is 3.20. The highest BCUT2D eigenvalue weighted by atomic mass is 32.2. The maximum atomic E-state index is 13.4. The molecule has 2 aromatic carbocycles. The van der Waals surface area contributed by atoms with Gasteiger partial charge >= 0.3 is 0 Å². The molecule has 0 spiro atoms. The van der Waals surface area contributed by atoms with E-state index in [0.717, 1.165) is 5.56 Å². The van der Waals surface area contributed by atoms with E-state index in [4.69, 9.17) is 0 Å². The van der Waals surface area contributed by atoms with Crippen molar-refractivity contribution in [1.29, 1.82) is 0 Å². The number of rotatable bonds is 8. The van der Waals surface area contributed by atoms with E-state index in [2.05, 4.69) is 10.3 Å². The Bertz CT molecular complexity index is 1220. The molecule has 0 bridgehead atoms. The van der Waals surface area contributed by atoms with Crippen LogP contribution in [0.4, 0.5) is 10.1 Å². The van der Waals surface area contributed by atoms with Crippen LogP contribution in [0.1, 0.15) is 29.9 Å². The van der Waals surface area contributed by atoms with Gasteiger partial charge in [-0.2, -0.15) is 4.31 Å². The Morgan fingerprint density at radius 2 is 1.81 bits per heavy atom. The zero-order valence-electron chi connectivity index (χ0n) is 18.3. The largest absolute Gasteiger partial charge is 0.320 e. The highest BCUT2D eigenvalue weighted by Gasteiger charge is 2.23. The average molecular weight is 477 g/mol. The van der Waals surface area contributed by atoms with Crippen LogP contribution < -0.4 is 5.32 Å². The summed E-state index contributed by atoms with van der Waals surface area (Å²) in [5, 5.41) is 3.37. The van der Waals surface area contributed by atoms with Crippen molar-refractivity contribution in [2.45, 2.75) is 30.8 Å². The molecule has 0 aliphatic carbocycles. The van der Waals surface area contributed by atoms with E-state index in [1.807, 2.05) is 6.26 Å². The number of aromatic nitrogens is 2. The number of carbonyl (C=O) groups excluding carboxylic acids is 1. The molecule has 7 nitrogen and oxygen atoms in total. The number of nitrogens with one attached hydrogen (secondary N) is 1. The lowest BCUT2D eigenvalue weighted by atomic mass is 10.2. The molecule has 1 aromatic heterocycles. The van der Waals surface area contributed by atoms with Gasteiger partial charge in [0.15, 0.2) is 5.16 Å². The van der Waals surface area contributed by atoms with Crippen molar-refractivity contribution in [3.8, 4) is 5.69 Å². The lowest BCUT2D eigenvalue weighted by molar-refractivity contribution is 0.102. The fourth-order valence-corrected chi connectivity index (χ4v) is 5.30. The minimum absolute atomic E-state index is 0.110. The van der Waals surface area contributed by atoms with Gasteiger partial charge in [-0.3, -0.25) is 9.36 Å². The molecule has 10 heteroatoms. The Labute approximate surface area is 191 Å². The lowest BCUT2D eigenvalue weighted by Gasteiger charge is -2.19. The summed E-state index contributed by atoms with van der Waals surface area (Å²) in [6.45, 7) is 6.04. The number of carbonyl (C=O) groups is 1. The van der Waals surface area contributed by atoms with E-state index in [1.165, 1.54) is 46.5 Å². The third-order valence-corrected chi connectivity index (χ3v) is 7.73. The Kier molecular flexibility index (Phi) is 7.37. The van der Waals surface area contributed by atoms with Crippen molar-refractivity contribution in [3.05, 3.63) is 65.7 Å². The summed E-state index contributed by atoms with van der Waals surface area (Å²) >= 11 is 1.35. The standard InChI is InChI=1S/C22H25FN4O3S2/c1-5-26(6-2)32(29,30)18-12-7-15(3)19(13-18)25-21(28)20-14-24-22(31-4)27(20)17-10-8-16(23)9-11-17/h7-14H,5-6H2,1-4H3,(H,25,28). The van der Waals surface area contributed by atoms with Crippen molar-refractivity contribution >= 4 is 33.4 Å². The van der Waals surface area contributed by atoms with Crippen LogP contribution in [0.2, 0.25) is 0 Å². The fourth-order valence-electron chi connectivity index (χ4n) is 3.27. The second-order valence-electron chi connectivity index (χ2n) is 6.96. The van der Waals surface area contributed by atoms with Crippen molar-refractivity contribution in [2.75, 3.05) is 24.7 Å². The number of benzene rings is 2. The molecule has 3 aromatic rings. The van der Waals surface area contributed by atoms with E-state index in [-0.39, 0.29) is 16.4 Å². The van der Waals surface area contributed by atoms with Crippen molar-refractivity contribution < 1.29 is 17.6 Å². The predicted molar refractivity (Wildman–Crippen MR) is 125 cm³/mol. The lowest BCUT2D eigenvalue weighted by Crippen LogP contribution is -2.30. The minimum atomic E-state index is -3.67. The summed E-state index contributed by atoms with van der Waals surface area (Å²) in [5.74, 6) is -0.838. The smallest absolute Gasteiger partial charge is 0.274 e. The molecule has 1 heterocycles. The van der Waals surface area contributed by atoms with Crippen LogP contribution in [0.15, 0.2) is 58.7 Å². The molecule has 170 valence electrons. The van der Waals surface area contributed by atoms with E-state index in [0.29, 0.717) is 29.6 Å². The van der Waals surface area contributed by atoms with Crippen LogP contribution in [0, 0.1) is 12.7 Å². The zero-order chi connectivity index (χ0) is 23.5. The number of thioether (sulfide) groups is 1. The van der Waals surface area contributed by atoms with Gasteiger partial charge in [-0.25, -0.2) is 17.8 Å². The normalized spacial score (nSPS) is 11.7. The van der Waals surface area contributed by atoms with E-state index in [9.17, 15) is 17.6 Å². The van der Waals surface area contributed by atoms with Gasteiger partial charge in [-0.15, -0.1) is 0 Å². The second-order valence-corrected chi connectivity index (χ2v) is 9.67. The van der Waals surface area contributed by atoms with Crippen molar-refractivity contribution in [1.82, 2.24) is 13.9 Å². The molecule has 0 fully saturated rings. The summed E-state index contributed by atoms with van der Waals surface area (Å²) in [6, 6.07) is 10.4. The Hall–Kier alpha value is -2.69. The van der Waals surface area contributed by atoms with E-state index >= 15 is 0 Å². The molecular formula is C22H25FN4O3S2. The quantitative estimate of drug-likeness (QED) is 0.490. The van der Waals surface area contributed by atoms with Crippen molar-refractivity contribution in [3.63, 3.8) is 0 Å². The number of sulfonamides is 1. The SMILES string of the molecule is CCN(CC)S(=O)(=O)c1ccc(C)c(NC(=O)c2cnc(SC)n2-c2ccc(F)cc2)c1. The molecule has 0 saturated heterocycles. The third-order valence-electron chi connectivity index (χ3n) is 5.03. The topological polar surface area (TPSA) is 84.3 Å². The molecule has 1 amide bonds. The highest BCUT2D eigenvalue weighted by molar-refractivity contribution is 7.98. The first-order valence-corrected chi connectivity index (χ1v) is 12.7. The molecule has 0 radical (unpaired) electrons. The molecule has 0 saturated carbocycles. The Morgan fingerprint density at radius 1 is 1.16 bits per heavy atom. The van der Waals surface area contributed by atoms with Crippen LogP contribution in [0.25, 0.3) is 5.69 Å². The summed E-state index contributed by atoms with van der Waals surface area (Å²) in [4.78, 5) is 17.5. The van der Waals surface area contributed by atoms with Crippen molar-refractivity contribution in [2.24, 2.45) is 0 Å². The van der Waals surface area contributed by atoms with Crippen LogP contribution in [-0.4, -0.2) is 47.5 Å². The first-order valence-electron chi connectivity index (χ1n) is 10.0. The Morgan fingerprint density at radius 3 is 2.41 bits per heavy atom. The second kappa shape index (κ2) is 9.85. The summed E-state index contributed by atoms with van der Waals surface area (Å²) in [5.41, 5.74) is 1.95. The van der Waals surface area contributed by atoms with Crippen LogP contribution in [0.5, 0.6) is 0 Å². The molecule has 3 rings (SSSR count). The summed E-state index contributed by atoms with van der Waals surface area (Å²) in [7, 11) is -3.67. The maximum absolute atomic E-state index is 13.4.